The molecular formula is C21H23F2N3O4. The minimum absolute atomic E-state index is 0.0362. The first-order valence-corrected chi connectivity index (χ1v) is 9.42. The number of carbonyl (C=O) groups is 2. The molecule has 2 aromatic rings. The fraction of sp³-hybridized carbons (Fsp3) is 0.381. The Morgan fingerprint density at radius 2 is 1.93 bits per heavy atom. The molecule has 7 nitrogen and oxygen atoms in total. The van der Waals surface area contributed by atoms with Gasteiger partial charge in [-0.1, -0.05) is 0 Å². The van der Waals surface area contributed by atoms with Crippen LogP contribution in [-0.4, -0.2) is 46.9 Å². The minimum Gasteiger partial charge on any atom is -0.478 e. The third kappa shape index (κ3) is 5.03. The first-order chi connectivity index (χ1) is 14.0. The number of aromatic nitrogens is 1. The number of carbonyl (C=O) groups excluding carboxylic acids is 1. The highest BCUT2D eigenvalue weighted by Crippen LogP contribution is 2.32. The molecule has 0 bridgehead atoms. The standard InChI is InChI=1S/C21H23F2N3O4/c1-21(2,3)30-20(29)25-17-11-26(18-7-4-12(9-24-18)19(27)28)10-15(17)14-8-13(22)5-6-16(14)23/h4-9,15,17H,10-11H2,1-3H3,(H,25,29)(H,27,28)/t15-,17+/m1/s1. The number of nitrogens with zero attached hydrogens (tertiary/aromatic N) is 2. The summed E-state index contributed by atoms with van der Waals surface area (Å²) in [6.45, 7) is 5.70. The fourth-order valence-corrected chi connectivity index (χ4v) is 3.41. The first-order valence-electron chi connectivity index (χ1n) is 9.42. The molecule has 3 rings (SSSR count). The van der Waals surface area contributed by atoms with Gasteiger partial charge in [-0.3, -0.25) is 0 Å². The molecule has 0 saturated carbocycles. The number of carboxylic acids is 1. The average molecular weight is 419 g/mol. The van der Waals surface area contributed by atoms with E-state index in [4.69, 9.17) is 9.84 Å². The van der Waals surface area contributed by atoms with Crippen molar-refractivity contribution in [3.63, 3.8) is 0 Å². The van der Waals surface area contributed by atoms with Gasteiger partial charge in [0.05, 0.1) is 11.6 Å². The summed E-state index contributed by atoms with van der Waals surface area (Å²) in [5.74, 6) is -2.35. The zero-order chi connectivity index (χ0) is 22.1. The Labute approximate surface area is 172 Å². The van der Waals surface area contributed by atoms with Gasteiger partial charge in [0.2, 0.25) is 0 Å². The topological polar surface area (TPSA) is 91.8 Å². The van der Waals surface area contributed by atoms with Crippen LogP contribution in [0.2, 0.25) is 0 Å². The van der Waals surface area contributed by atoms with Crippen LogP contribution in [0.25, 0.3) is 0 Å². The van der Waals surface area contributed by atoms with Crippen LogP contribution >= 0.6 is 0 Å². The molecule has 1 aromatic carbocycles. The van der Waals surface area contributed by atoms with Crippen molar-refractivity contribution in [2.75, 3.05) is 18.0 Å². The summed E-state index contributed by atoms with van der Waals surface area (Å²) in [4.78, 5) is 29.3. The Morgan fingerprint density at radius 3 is 2.53 bits per heavy atom. The normalized spacial score (nSPS) is 18.9. The maximum absolute atomic E-state index is 14.5. The van der Waals surface area contributed by atoms with Crippen LogP contribution in [0.5, 0.6) is 0 Å². The van der Waals surface area contributed by atoms with E-state index >= 15 is 0 Å². The van der Waals surface area contributed by atoms with Gasteiger partial charge in [0.25, 0.3) is 0 Å². The van der Waals surface area contributed by atoms with Crippen molar-refractivity contribution in [1.29, 1.82) is 0 Å². The van der Waals surface area contributed by atoms with E-state index in [2.05, 4.69) is 10.3 Å². The number of alkyl carbamates (subject to hydrolysis) is 1. The number of halogens is 2. The summed E-state index contributed by atoms with van der Waals surface area (Å²) in [7, 11) is 0. The van der Waals surface area contributed by atoms with Crippen molar-refractivity contribution in [2.24, 2.45) is 0 Å². The average Bonchev–Trinajstić information content (AvgIpc) is 3.05. The molecule has 1 amide bonds. The Bertz CT molecular complexity index is 944. The monoisotopic (exact) mass is 419 g/mol. The maximum Gasteiger partial charge on any atom is 0.407 e. The lowest BCUT2D eigenvalue weighted by Gasteiger charge is -2.24. The number of pyridine rings is 1. The van der Waals surface area contributed by atoms with Crippen molar-refractivity contribution in [1.82, 2.24) is 10.3 Å². The highest BCUT2D eigenvalue weighted by Gasteiger charge is 2.38. The summed E-state index contributed by atoms with van der Waals surface area (Å²) in [6, 6.07) is 5.59. The molecule has 0 spiro atoms. The lowest BCUT2D eigenvalue weighted by Crippen LogP contribution is -2.43. The Hall–Kier alpha value is -3.23. The smallest absolute Gasteiger partial charge is 0.407 e. The molecule has 1 aliphatic rings. The maximum atomic E-state index is 14.5. The van der Waals surface area contributed by atoms with Gasteiger partial charge in [0, 0.05) is 25.2 Å². The van der Waals surface area contributed by atoms with Crippen molar-refractivity contribution < 1.29 is 28.2 Å². The molecule has 2 N–H and O–H groups in total. The van der Waals surface area contributed by atoms with Crippen LogP contribution < -0.4 is 10.2 Å². The van der Waals surface area contributed by atoms with E-state index in [9.17, 15) is 18.4 Å². The van der Waals surface area contributed by atoms with Crippen molar-refractivity contribution in [3.05, 3.63) is 59.3 Å². The third-order valence-corrected chi connectivity index (χ3v) is 4.70. The molecular weight excluding hydrogens is 396 g/mol. The molecule has 2 atom stereocenters. The molecule has 1 saturated heterocycles. The van der Waals surface area contributed by atoms with Gasteiger partial charge < -0.3 is 20.1 Å². The van der Waals surface area contributed by atoms with E-state index < -0.39 is 41.3 Å². The second kappa shape index (κ2) is 8.25. The Kier molecular flexibility index (Phi) is 5.91. The zero-order valence-electron chi connectivity index (χ0n) is 16.9. The van der Waals surface area contributed by atoms with Crippen molar-refractivity contribution in [3.8, 4) is 0 Å². The van der Waals surface area contributed by atoms with E-state index in [0.717, 1.165) is 18.2 Å². The van der Waals surface area contributed by atoms with Crippen LogP contribution in [0.4, 0.5) is 19.4 Å². The number of amides is 1. The summed E-state index contributed by atoms with van der Waals surface area (Å²) in [6.07, 6.45) is 0.565. The van der Waals surface area contributed by atoms with Crippen LogP contribution in [0.1, 0.15) is 42.6 Å². The number of anilines is 1. The molecule has 9 heteroatoms. The molecule has 2 heterocycles. The van der Waals surface area contributed by atoms with Gasteiger partial charge in [-0.15, -0.1) is 0 Å². The van der Waals surface area contributed by atoms with E-state index in [1.165, 1.54) is 18.3 Å². The fourth-order valence-electron chi connectivity index (χ4n) is 3.41. The predicted molar refractivity (Wildman–Crippen MR) is 106 cm³/mol. The quantitative estimate of drug-likeness (QED) is 0.788. The number of hydrogen-bond donors (Lipinski definition) is 2. The molecule has 0 unspecified atom stereocenters. The van der Waals surface area contributed by atoms with Gasteiger partial charge in [-0.05, 0) is 56.7 Å². The molecule has 30 heavy (non-hydrogen) atoms. The lowest BCUT2D eigenvalue weighted by molar-refractivity contribution is 0.0504. The second-order valence-electron chi connectivity index (χ2n) is 8.14. The molecule has 1 fully saturated rings. The number of ether oxygens (including phenoxy) is 1. The van der Waals surface area contributed by atoms with Crippen molar-refractivity contribution >= 4 is 17.9 Å². The summed E-state index contributed by atoms with van der Waals surface area (Å²) in [5, 5.41) is 11.8. The highest BCUT2D eigenvalue weighted by molar-refractivity contribution is 5.87. The molecule has 1 aromatic heterocycles. The van der Waals surface area contributed by atoms with Gasteiger partial charge >= 0.3 is 12.1 Å². The van der Waals surface area contributed by atoms with Crippen LogP contribution in [0, 0.1) is 11.6 Å². The van der Waals surface area contributed by atoms with Crippen LogP contribution in [-0.2, 0) is 4.74 Å². The Morgan fingerprint density at radius 1 is 1.20 bits per heavy atom. The number of nitrogens with one attached hydrogen (secondary N) is 1. The van der Waals surface area contributed by atoms with Gasteiger partial charge in [-0.25, -0.2) is 23.4 Å². The SMILES string of the molecule is CC(C)(C)OC(=O)N[C@H]1CN(c2ccc(C(=O)O)cn2)C[C@@H]1c1cc(F)ccc1F. The van der Waals surface area contributed by atoms with E-state index in [1.807, 2.05) is 0 Å². The minimum atomic E-state index is -1.10. The second-order valence-corrected chi connectivity index (χ2v) is 8.14. The van der Waals surface area contributed by atoms with E-state index in [0.29, 0.717) is 5.82 Å². The van der Waals surface area contributed by atoms with E-state index in [1.54, 1.807) is 25.7 Å². The molecule has 0 aliphatic carbocycles. The van der Waals surface area contributed by atoms with Gasteiger partial charge in [0.1, 0.15) is 23.1 Å². The van der Waals surface area contributed by atoms with Gasteiger partial charge in [-0.2, -0.15) is 0 Å². The number of aromatic carboxylic acids is 1. The van der Waals surface area contributed by atoms with Gasteiger partial charge in [0.15, 0.2) is 0 Å². The third-order valence-electron chi connectivity index (χ3n) is 4.70. The Balaban J connectivity index is 1.88. The summed E-state index contributed by atoms with van der Waals surface area (Å²) >= 11 is 0. The van der Waals surface area contributed by atoms with Crippen LogP contribution in [0.3, 0.4) is 0 Å². The largest absolute Gasteiger partial charge is 0.478 e. The first kappa shape index (κ1) is 21.5. The molecule has 160 valence electrons. The number of benzene rings is 1. The molecule has 1 aliphatic heterocycles. The molecule has 0 radical (unpaired) electrons. The van der Waals surface area contributed by atoms with E-state index in [-0.39, 0.29) is 24.2 Å². The lowest BCUT2D eigenvalue weighted by atomic mass is 9.94. The highest BCUT2D eigenvalue weighted by atomic mass is 19.1. The zero-order valence-corrected chi connectivity index (χ0v) is 16.9. The summed E-state index contributed by atoms with van der Waals surface area (Å²) < 4.78 is 33.6. The predicted octanol–water partition coefficient (Wildman–Crippen LogP) is 3.56. The number of rotatable bonds is 4. The number of hydrogen-bond acceptors (Lipinski definition) is 5. The summed E-state index contributed by atoms with van der Waals surface area (Å²) in [5.41, 5.74) is -0.536. The number of carboxylic acid groups (broad SMARTS) is 1. The van der Waals surface area contributed by atoms with Crippen molar-refractivity contribution in [2.45, 2.75) is 38.3 Å². The van der Waals surface area contributed by atoms with Crippen LogP contribution in [0.15, 0.2) is 36.5 Å².